The number of benzene rings is 1. The SMILES string of the molecule is CC(CO)CNC(=O)c1cc2cc(Cl)ccc2o1. The fraction of sp³-hybridized carbons (Fsp3) is 0.308. The van der Waals surface area contributed by atoms with Crippen LogP contribution in [-0.2, 0) is 0 Å². The number of hydrogen-bond acceptors (Lipinski definition) is 3. The number of aliphatic hydroxyl groups is 1. The van der Waals surface area contributed by atoms with E-state index < -0.39 is 0 Å². The Morgan fingerprint density at radius 2 is 2.28 bits per heavy atom. The molecule has 0 saturated carbocycles. The highest BCUT2D eigenvalue weighted by molar-refractivity contribution is 6.31. The number of halogens is 1. The maximum atomic E-state index is 11.8. The van der Waals surface area contributed by atoms with E-state index in [1.54, 1.807) is 24.3 Å². The van der Waals surface area contributed by atoms with E-state index in [1.807, 2.05) is 6.92 Å². The van der Waals surface area contributed by atoms with Crippen LogP contribution in [0.4, 0.5) is 0 Å². The van der Waals surface area contributed by atoms with E-state index in [9.17, 15) is 4.79 Å². The highest BCUT2D eigenvalue weighted by Crippen LogP contribution is 2.22. The molecule has 0 fully saturated rings. The van der Waals surface area contributed by atoms with Crippen LogP contribution in [0.25, 0.3) is 11.0 Å². The van der Waals surface area contributed by atoms with Crippen LogP contribution in [0.1, 0.15) is 17.5 Å². The van der Waals surface area contributed by atoms with Crippen LogP contribution in [-0.4, -0.2) is 24.2 Å². The summed E-state index contributed by atoms with van der Waals surface area (Å²) in [5.74, 6) is -0.0206. The smallest absolute Gasteiger partial charge is 0.287 e. The summed E-state index contributed by atoms with van der Waals surface area (Å²) in [6, 6.07) is 6.83. The summed E-state index contributed by atoms with van der Waals surface area (Å²) in [5.41, 5.74) is 0.625. The Morgan fingerprint density at radius 1 is 1.50 bits per heavy atom. The van der Waals surface area contributed by atoms with E-state index in [2.05, 4.69) is 5.32 Å². The lowest BCUT2D eigenvalue weighted by atomic mass is 10.2. The van der Waals surface area contributed by atoms with Gasteiger partial charge in [-0.2, -0.15) is 0 Å². The summed E-state index contributed by atoms with van der Waals surface area (Å²) >= 11 is 5.86. The minimum absolute atomic E-state index is 0.0211. The summed E-state index contributed by atoms with van der Waals surface area (Å²) in [4.78, 5) is 11.8. The largest absolute Gasteiger partial charge is 0.451 e. The molecule has 1 amide bonds. The van der Waals surface area contributed by atoms with Gasteiger partial charge < -0.3 is 14.8 Å². The molecule has 1 aromatic heterocycles. The van der Waals surface area contributed by atoms with Gasteiger partial charge in [0.1, 0.15) is 5.58 Å². The number of fused-ring (bicyclic) bond motifs is 1. The third kappa shape index (κ3) is 2.83. The summed E-state index contributed by atoms with van der Waals surface area (Å²) in [5, 5.41) is 13.0. The first-order valence-corrected chi connectivity index (χ1v) is 6.06. The number of nitrogens with one attached hydrogen (secondary N) is 1. The lowest BCUT2D eigenvalue weighted by molar-refractivity contribution is 0.0916. The normalized spacial score (nSPS) is 12.6. The van der Waals surface area contributed by atoms with E-state index in [0.717, 1.165) is 5.39 Å². The molecule has 0 aliphatic rings. The number of hydrogen-bond donors (Lipinski definition) is 2. The first-order valence-electron chi connectivity index (χ1n) is 5.68. The lowest BCUT2D eigenvalue weighted by Crippen LogP contribution is -2.29. The van der Waals surface area contributed by atoms with Crippen molar-refractivity contribution in [1.82, 2.24) is 5.32 Å². The molecule has 0 bridgehead atoms. The highest BCUT2D eigenvalue weighted by atomic mass is 35.5. The molecule has 2 aromatic rings. The third-order valence-electron chi connectivity index (χ3n) is 2.62. The predicted molar refractivity (Wildman–Crippen MR) is 69.8 cm³/mol. The zero-order valence-electron chi connectivity index (χ0n) is 9.94. The molecule has 1 atom stereocenters. The van der Waals surface area contributed by atoms with Gasteiger partial charge in [0.2, 0.25) is 0 Å². The molecule has 0 aliphatic carbocycles. The maximum absolute atomic E-state index is 11.8. The van der Waals surface area contributed by atoms with Crippen molar-refractivity contribution in [3.8, 4) is 0 Å². The minimum Gasteiger partial charge on any atom is -0.451 e. The van der Waals surface area contributed by atoms with Crippen LogP contribution < -0.4 is 5.32 Å². The second-order valence-electron chi connectivity index (χ2n) is 4.29. The Balaban J connectivity index is 2.13. The third-order valence-corrected chi connectivity index (χ3v) is 2.86. The maximum Gasteiger partial charge on any atom is 0.287 e. The van der Waals surface area contributed by atoms with E-state index in [1.165, 1.54) is 0 Å². The Labute approximate surface area is 110 Å². The molecule has 96 valence electrons. The fourth-order valence-corrected chi connectivity index (χ4v) is 1.73. The van der Waals surface area contributed by atoms with Crippen molar-refractivity contribution in [1.29, 1.82) is 0 Å². The second kappa shape index (κ2) is 5.42. The minimum atomic E-state index is -0.289. The Bertz CT molecular complexity index is 564. The van der Waals surface area contributed by atoms with Crippen LogP contribution in [0.15, 0.2) is 28.7 Å². The number of carbonyl (C=O) groups is 1. The molecule has 0 saturated heterocycles. The number of aliphatic hydroxyl groups excluding tert-OH is 1. The number of furan rings is 1. The molecule has 18 heavy (non-hydrogen) atoms. The Morgan fingerprint density at radius 3 is 3.00 bits per heavy atom. The Hall–Kier alpha value is -1.52. The zero-order valence-corrected chi connectivity index (χ0v) is 10.7. The van der Waals surface area contributed by atoms with Gasteiger partial charge >= 0.3 is 0 Å². The van der Waals surface area contributed by atoms with Crippen molar-refractivity contribution in [2.45, 2.75) is 6.92 Å². The van der Waals surface area contributed by atoms with E-state index in [0.29, 0.717) is 17.2 Å². The Kier molecular flexibility index (Phi) is 3.89. The van der Waals surface area contributed by atoms with Gasteiger partial charge in [0.25, 0.3) is 5.91 Å². The molecule has 0 spiro atoms. The zero-order chi connectivity index (χ0) is 13.1. The summed E-state index contributed by atoms with van der Waals surface area (Å²) in [7, 11) is 0. The van der Waals surface area contributed by atoms with Crippen LogP contribution >= 0.6 is 11.6 Å². The van der Waals surface area contributed by atoms with Gasteiger partial charge in [-0.3, -0.25) is 4.79 Å². The van der Waals surface area contributed by atoms with Gasteiger partial charge in [-0.05, 0) is 30.2 Å². The monoisotopic (exact) mass is 267 g/mol. The van der Waals surface area contributed by atoms with Gasteiger partial charge in [0, 0.05) is 23.6 Å². The van der Waals surface area contributed by atoms with Crippen LogP contribution in [0, 0.1) is 5.92 Å². The number of carbonyl (C=O) groups excluding carboxylic acids is 1. The average Bonchev–Trinajstić information content (AvgIpc) is 2.78. The molecule has 0 aliphatic heterocycles. The summed E-state index contributed by atoms with van der Waals surface area (Å²) in [6.45, 7) is 2.29. The van der Waals surface area contributed by atoms with Gasteiger partial charge in [-0.1, -0.05) is 18.5 Å². The van der Waals surface area contributed by atoms with Crippen LogP contribution in [0.2, 0.25) is 5.02 Å². The topological polar surface area (TPSA) is 62.5 Å². The van der Waals surface area contributed by atoms with E-state index in [-0.39, 0.29) is 24.2 Å². The average molecular weight is 268 g/mol. The van der Waals surface area contributed by atoms with Crippen LogP contribution in [0.5, 0.6) is 0 Å². The molecule has 2 N–H and O–H groups in total. The number of amides is 1. The van der Waals surface area contributed by atoms with Gasteiger partial charge in [-0.15, -0.1) is 0 Å². The number of rotatable bonds is 4. The summed E-state index contributed by atoms with van der Waals surface area (Å²) in [6.07, 6.45) is 0. The quantitative estimate of drug-likeness (QED) is 0.894. The fourth-order valence-electron chi connectivity index (χ4n) is 1.54. The first kappa shape index (κ1) is 12.9. The van der Waals surface area contributed by atoms with E-state index >= 15 is 0 Å². The second-order valence-corrected chi connectivity index (χ2v) is 4.73. The van der Waals surface area contributed by atoms with Crippen molar-refractivity contribution in [3.05, 3.63) is 35.0 Å². The van der Waals surface area contributed by atoms with Crippen molar-refractivity contribution >= 4 is 28.5 Å². The molecule has 0 radical (unpaired) electrons. The molecule has 2 rings (SSSR count). The molecule has 1 aromatic carbocycles. The van der Waals surface area contributed by atoms with Gasteiger partial charge in [0.15, 0.2) is 5.76 Å². The van der Waals surface area contributed by atoms with Crippen LogP contribution in [0.3, 0.4) is 0 Å². The molecule has 4 nitrogen and oxygen atoms in total. The summed E-state index contributed by atoms with van der Waals surface area (Å²) < 4.78 is 5.42. The van der Waals surface area contributed by atoms with Gasteiger partial charge in [-0.25, -0.2) is 0 Å². The predicted octanol–water partition coefficient (Wildman–Crippen LogP) is 2.44. The molecule has 1 heterocycles. The molecule has 5 heteroatoms. The molecular weight excluding hydrogens is 254 g/mol. The highest BCUT2D eigenvalue weighted by Gasteiger charge is 2.13. The van der Waals surface area contributed by atoms with Crippen molar-refractivity contribution < 1.29 is 14.3 Å². The molecular formula is C13H14ClNO3. The first-order chi connectivity index (χ1) is 8.60. The van der Waals surface area contributed by atoms with Gasteiger partial charge in [0.05, 0.1) is 0 Å². The van der Waals surface area contributed by atoms with Crippen molar-refractivity contribution in [2.24, 2.45) is 5.92 Å². The van der Waals surface area contributed by atoms with Crippen molar-refractivity contribution in [2.75, 3.05) is 13.2 Å². The molecule has 1 unspecified atom stereocenters. The van der Waals surface area contributed by atoms with Crippen molar-refractivity contribution in [3.63, 3.8) is 0 Å². The standard InChI is InChI=1S/C13H14ClNO3/c1-8(7-16)6-15-13(17)12-5-9-4-10(14)2-3-11(9)18-12/h2-5,8,16H,6-7H2,1H3,(H,15,17). The van der Waals surface area contributed by atoms with E-state index in [4.69, 9.17) is 21.1 Å². The lowest BCUT2D eigenvalue weighted by Gasteiger charge is -2.07.